The highest BCUT2D eigenvalue weighted by atomic mass is 16.5. The molecule has 3 rings (SSSR count). The van der Waals surface area contributed by atoms with E-state index in [1.807, 2.05) is 38.2 Å². The summed E-state index contributed by atoms with van der Waals surface area (Å²) in [7, 11) is 3.36. The minimum Gasteiger partial charge on any atom is -0.463 e. The summed E-state index contributed by atoms with van der Waals surface area (Å²) >= 11 is 0. The number of nitrogens with zero attached hydrogens (tertiary/aromatic N) is 1. The first-order valence-corrected chi connectivity index (χ1v) is 7.46. The number of carbonyl (C=O) groups excluding carboxylic acids is 1. The minimum atomic E-state index is -0.443. The van der Waals surface area contributed by atoms with E-state index in [-0.39, 0.29) is 5.76 Å². The fourth-order valence-corrected chi connectivity index (χ4v) is 2.78. The third kappa shape index (κ3) is 2.93. The van der Waals surface area contributed by atoms with E-state index >= 15 is 0 Å². The maximum Gasteiger partial charge on any atom is 0.374 e. The largest absolute Gasteiger partial charge is 0.463 e. The third-order valence-electron chi connectivity index (χ3n) is 3.91. The Labute approximate surface area is 135 Å². The van der Waals surface area contributed by atoms with Crippen LogP contribution in [0.5, 0.6) is 0 Å². The maximum absolute atomic E-state index is 11.6. The van der Waals surface area contributed by atoms with Gasteiger partial charge in [0.15, 0.2) is 0 Å². The molecule has 4 heteroatoms. The molecular weight excluding hydrogens is 290 g/mol. The fourth-order valence-electron chi connectivity index (χ4n) is 2.78. The zero-order valence-electron chi connectivity index (χ0n) is 13.5. The number of esters is 1. The van der Waals surface area contributed by atoms with Gasteiger partial charge in [0, 0.05) is 23.7 Å². The summed E-state index contributed by atoms with van der Waals surface area (Å²) in [6.45, 7) is 2.42. The zero-order valence-corrected chi connectivity index (χ0v) is 13.5. The van der Waals surface area contributed by atoms with Crippen molar-refractivity contribution >= 4 is 22.4 Å². The monoisotopic (exact) mass is 309 g/mol. The van der Waals surface area contributed by atoms with Crippen molar-refractivity contribution in [1.82, 2.24) is 0 Å². The van der Waals surface area contributed by atoms with Crippen LogP contribution in [0.3, 0.4) is 0 Å². The highest BCUT2D eigenvalue weighted by Crippen LogP contribution is 2.27. The number of methoxy groups -OCH3 is 1. The second-order valence-electron chi connectivity index (χ2n) is 5.57. The molecule has 0 amide bonds. The van der Waals surface area contributed by atoms with Crippen LogP contribution >= 0.6 is 0 Å². The quantitative estimate of drug-likeness (QED) is 0.679. The van der Waals surface area contributed by atoms with Gasteiger partial charge < -0.3 is 14.1 Å². The summed E-state index contributed by atoms with van der Waals surface area (Å²) in [6, 6.07) is 16.4. The number of benzene rings is 2. The second kappa shape index (κ2) is 6.16. The number of hydrogen-bond donors (Lipinski definition) is 0. The molecular formula is C19H19NO3. The number of furan rings is 1. The highest BCUT2D eigenvalue weighted by Gasteiger charge is 2.17. The lowest BCUT2D eigenvalue weighted by Gasteiger charge is -2.20. The first kappa shape index (κ1) is 15.2. The predicted molar refractivity (Wildman–Crippen MR) is 90.8 cm³/mol. The molecule has 0 aliphatic rings. The summed E-state index contributed by atoms with van der Waals surface area (Å²) in [5, 5.41) is 2.39. The highest BCUT2D eigenvalue weighted by molar-refractivity contribution is 5.94. The van der Waals surface area contributed by atoms with Gasteiger partial charge in [-0.1, -0.05) is 36.4 Å². The molecule has 0 saturated carbocycles. The molecule has 0 aliphatic heterocycles. The van der Waals surface area contributed by atoms with Gasteiger partial charge in [-0.15, -0.1) is 0 Å². The van der Waals surface area contributed by atoms with Gasteiger partial charge in [0.2, 0.25) is 5.76 Å². The number of ether oxygens (including phenoxy) is 1. The van der Waals surface area contributed by atoms with Crippen LogP contribution in [0.1, 0.15) is 21.9 Å². The van der Waals surface area contributed by atoms with Gasteiger partial charge in [0.1, 0.15) is 5.76 Å². The van der Waals surface area contributed by atoms with E-state index in [2.05, 4.69) is 29.2 Å². The molecule has 3 aromatic rings. The van der Waals surface area contributed by atoms with Crippen molar-refractivity contribution in [2.45, 2.75) is 13.5 Å². The lowest BCUT2D eigenvalue weighted by Crippen LogP contribution is -2.16. The molecule has 0 unspecified atom stereocenters. The maximum atomic E-state index is 11.6. The Morgan fingerprint density at radius 3 is 2.70 bits per heavy atom. The number of fused-ring (bicyclic) bond motifs is 1. The molecule has 0 spiro atoms. The van der Waals surface area contributed by atoms with E-state index in [4.69, 9.17) is 9.15 Å². The molecule has 118 valence electrons. The van der Waals surface area contributed by atoms with Crippen molar-refractivity contribution in [2.24, 2.45) is 0 Å². The second-order valence-corrected chi connectivity index (χ2v) is 5.57. The average molecular weight is 309 g/mol. The summed E-state index contributed by atoms with van der Waals surface area (Å²) in [5.41, 5.74) is 1.91. The summed E-state index contributed by atoms with van der Waals surface area (Å²) in [6.07, 6.45) is 0. The van der Waals surface area contributed by atoms with Crippen molar-refractivity contribution in [3.8, 4) is 0 Å². The average Bonchev–Trinajstić information content (AvgIpc) is 2.93. The standard InChI is InChI=1S/C19H19NO3/c1-13-11-15(23-18(13)19(21)22-3)12-20(2)17-10-6-8-14-7-4-5-9-16(14)17/h4-11H,12H2,1-3H3. The van der Waals surface area contributed by atoms with E-state index < -0.39 is 5.97 Å². The van der Waals surface area contributed by atoms with Crippen molar-refractivity contribution in [3.05, 3.63) is 65.6 Å². The first-order valence-electron chi connectivity index (χ1n) is 7.46. The molecule has 0 bridgehead atoms. The number of rotatable bonds is 4. The smallest absolute Gasteiger partial charge is 0.374 e. The lowest BCUT2D eigenvalue weighted by atomic mass is 10.1. The first-order chi connectivity index (χ1) is 11.1. The van der Waals surface area contributed by atoms with Crippen molar-refractivity contribution in [1.29, 1.82) is 0 Å². The van der Waals surface area contributed by atoms with Gasteiger partial charge in [-0.2, -0.15) is 0 Å². The molecule has 4 nitrogen and oxygen atoms in total. The van der Waals surface area contributed by atoms with Crippen LogP contribution in [-0.4, -0.2) is 20.1 Å². The Morgan fingerprint density at radius 2 is 1.91 bits per heavy atom. The molecule has 0 saturated heterocycles. The van der Waals surface area contributed by atoms with Crippen LogP contribution in [0.15, 0.2) is 52.9 Å². The zero-order chi connectivity index (χ0) is 16.4. The predicted octanol–water partition coefficient (Wildman–Crippen LogP) is 4.16. The molecule has 1 aromatic heterocycles. The van der Waals surface area contributed by atoms with Crippen LogP contribution < -0.4 is 4.90 Å². The summed E-state index contributed by atoms with van der Waals surface area (Å²) in [5.74, 6) is 0.564. The normalized spacial score (nSPS) is 10.7. The van der Waals surface area contributed by atoms with Gasteiger partial charge in [-0.3, -0.25) is 0 Å². The SMILES string of the molecule is COC(=O)c1oc(CN(C)c2cccc3ccccc23)cc1C. The molecule has 0 fully saturated rings. The van der Waals surface area contributed by atoms with E-state index in [1.54, 1.807) is 0 Å². The van der Waals surface area contributed by atoms with E-state index in [1.165, 1.54) is 17.9 Å². The van der Waals surface area contributed by atoms with Crippen molar-refractivity contribution < 1.29 is 13.9 Å². The van der Waals surface area contributed by atoms with Gasteiger partial charge in [0.25, 0.3) is 0 Å². The molecule has 23 heavy (non-hydrogen) atoms. The van der Waals surface area contributed by atoms with E-state index in [9.17, 15) is 4.79 Å². The number of anilines is 1. The Bertz CT molecular complexity index is 845. The van der Waals surface area contributed by atoms with Crippen molar-refractivity contribution in [3.63, 3.8) is 0 Å². The minimum absolute atomic E-state index is 0.272. The van der Waals surface area contributed by atoms with Gasteiger partial charge in [-0.25, -0.2) is 4.79 Å². The molecule has 0 aliphatic carbocycles. The van der Waals surface area contributed by atoms with Crippen molar-refractivity contribution in [2.75, 3.05) is 19.1 Å². The Morgan fingerprint density at radius 1 is 1.17 bits per heavy atom. The molecule has 2 aromatic carbocycles. The van der Waals surface area contributed by atoms with E-state index in [0.29, 0.717) is 6.54 Å². The Kier molecular flexibility index (Phi) is 4.06. The van der Waals surface area contributed by atoms with Crippen LogP contribution in [0, 0.1) is 6.92 Å². The Balaban J connectivity index is 1.89. The van der Waals surface area contributed by atoms with Crippen LogP contribution in [0.2, 0.25) is 0 Å². The van der Waals surface area contributed by atoms with Crippen LogP contribution in [0.4, 0.5) is 5.69 Å². The third-order valence-corrected chi connectivity index (χ3v) is 3.91. The van der Waals surface area contributed by atoms with Crippen LogP contribution in [0.25, 0.3) is 10.8 Å². The fraction of sp³-hybridized carbons (Fsp3) is 0.211. The molecule has 0 atom stereocenters. The number of hydrogen-bond acceptors (Lipinski definition) is 4. The summed E-state index contributed by atoms with van der Waals surface area (Å²) in [4.78, 5) is 13.8. The van der Waals surface area contributed by atoms with Crippen LogP contribution in [-0.2, 0) is 11.3 Å². The Hall–Kier alpha value is -2.75. The molecule has 0 radical (unpaired) electrons. The van der Waals surface area contributed by atoms with Gasteiger partial charge in [0.05, 0.1) is 13.7 Å². The van der Waals surface area contributed by atoms with Gasteiger partial charge >= 0.3 is 5.97 Å². The molecule has 1 heterocycles. The molecule has 0 N–H and O–H groups in total. The number of aryl methyl sites for hydroxylation is 1. The summed E-state index contributed by atoms with van der Waals surface area (Å²) < 4.78 is 10.4. The van der Waals surface area contributed by atoms with Gasteiger partial charge in [-0.05, 0) is 24.4 Å². The lowest BCUT2D eigenvalue weighted by molar-refractivity contribution is 0.0562. The van der Waals surface area contributed by atoms with E-state index in [0.717, 1.165) is 17.0 Å². The number of carbonyl (C=O) groups is 1. The topological polar surface area (TPSA) is 42.7 Å².